The summed E-state index contributed by atoms with van der Waals surface area (Å²) in [7, 11) is 0. The van der Waals surface area contributed by atoms with Crippen LogP contribution in [0.25, 0.3) is 0 Å². The summed E-state index contributed by atoms with van der Waals surface area (Å²) in [5.41, 5.74) is 9.38. The van der Waals surface area contributed by atoms with Crippen molar-refractivity contribution >= 4 is 11.7 Å². The van der Waals surface area contributed by atoms with E-state index < -0.39 is 6.03 Å². The highest BCUT2D eigenvalue weighted by Gasteiger charge is 2.59. The lowest BCUT2D eigenvalue weighted by molar-refractivity contribution is -0.113. The van der Waals surface area contributed by atoms with E-state index in [0.717, 1.165) is 36.8 Å². The molecule has 4 fully saturated rings. The van der Waals surface area contributed by atoms with Crippen molar-refractivity contribution in [3.8, 4) is 0 Å². The summed E-state index contributed by atoms with van der Waals surface area (Å²) in [5, 5.41) is 14.5. The largest absolute Gasteiger partial charge is 0.393 e. The summed E-state index contributed by atoms with van der Waals surface area (Å²) in [4.78, 5) is 11.1. The molecule has 140 valence electrons. The summed E-state index contributed by atoms with van der Waals surface area (Å²) in [6.07, 6.45) is 10.3. The Bertz CT molecular complexity index is 591. The van der Waals surface area contributed by atoms with Gasteiger partial charge in [0.1, 0.15) is 0 Å². The van der Waals surface area contributed by atoms with Crippen LogP contribution in [0.5, 0.6) is 0 Å². The molecule has 0 aromatic rings. The van der Waals surface area contributed by atoms with Crippen molar-refractivity contribution in [2.24, 2.45) is 45.3 Å². The Hall–Kier alpha value is -1.10. The van der Waals surface area contributed by atoms with Crippen LogP contribution in [0.15, 0.2) is 5.10 Å². The normalized spacial score (nSPS) is 50.7. The number of nitrogens with one attached hydrogen (secondary N) is 1. The molecular formula is C20H33N3O2. The maximum Gasteiger partial charge on any atom is 0.332 e. The number of carbonyl (C=O) groups excluding carboxylic acids is 1. The third-order valence-electron chi connectivity index (χ3n) is 8.68. The smallest absolute Gasteiger partial charge is 0.332 e. The molecule has 4 aliphatic carbocycles. The number of primary amides is 1. The predicted molar refractivity (Wildman–Crippen MR) is 97.9 cm³/mol. The first kappa shape index (κ1) is 17.3. The zero-order valence-corrected chi connectivity index (χ0v) is 15.6. The number of amides is 2. The maximum absolute atomic E-state index is 11.1. The lowest BCUT2D eigenvalue weighted by atomic mass is 9.45. The van der Waals surface area contributed by atoms with Crippen molar-refractivity contribution in [1.29, 1.82) is 0 Å². The fourth-order valence-corrected chi connectivity index (χ4v) is 7.33. The first-order valence-electron chi connectivity index (χ1n) is 10.1. The second-order valence-electron chi connectivity index (χ2n) is 9.61. The molecular weight excluding hydrogens is 314 g/mol. The number of carbonyl (C=O) groups is 1. The molecule has 0 aromatic heterocycles. The van der Waals surface area contributed by atoms with E-state index in [1.807, 2.05) is 0 Å². The first-order chi connectivity index (χ1) is 11.8. The lowest BCUT2D eigenvalue weighted by Gasteiger charge is -2.60. The van der Waals surface area contributed by atoms with E-state index >= 15 is 0 Å². The number of rotatable bonds is 1. The Morgan fingerprint density at radius 3 is 2.72 bits per heavy atom. The quantitative estimate of drug-likeness (QED) is 0.635. The van der Waals surface area contributed by atoms with Gasteiger partial charge in [0.05, 0.1) is 6.10 Å². The van der Waals surface area contributed by atoms with Crippen LogP contribution in [0.3, 0.4) is 0 Å². The van der Waals surface area contributed by atoms with Crippen LogP contribution in [-0.4, -0.2) is 23.0 Å². The van der Waals surface area contributed by atoms with Gasteiger partial charge < -0.3 is 10.8 Å². The maximum atomic E-state index is 11.1. The van der Waals surface area contributed by atoms with Crippen LogP contribution in [-0.2, 0) is 0 Å². The average molecular weight is 348 g/mol. The number of aliphatic hydroxyl groups excluding tert-OH is 1. The van der Waals surface area contributed by atoms with Gasteiger partial charge in [-0.05, 0) is 86.9 Å². The van der Waals surface area contributed by atoms with E-state index in [9.17, 15) is 9.90 Å². The minimum absolute atomic E-state index is 0.0754. The Morgan fingerprint density at radius 2 is 1.96 bits per heavy atom. The van der Waals surface area contributed by atoms with Crippen molar-refractivity contribution in [1.82, 2.24) is 5.43 Å². The van der Waals surface area contributed by atoms with Crippen LogP contribution in [0.2, 0.25) is 0 Å². The van der Waals surface area contributed by atoms with Crippen molar-refractivity contribution in [2.45, 2.75) is 77.7 Å². The number of aliphatic hydroxyl groups is 1. The molecule has 0 aromatic carbocycles. The Kier molecular flexibility index (Phi) is 4.13. The standard InChI is InChI=1S/C20H33N3O2/c1-19-9-7-13(24)11-12(19)3-4-14-15-5-6-17(22-23-18(21)25)20(15,2)10-8-16(14)19/h12-16,24H,3-11H2,1-2H3,(H3,21,23,25)/b22-17-/t12-,13+,14+,15-,16+,19-,20-/m0/s1. The molecule has 4 rings (SSSR count). The highest BCUT2D eigenvalue weighted by molar-refractivity contribution is 5.93. The zero-order chi connectivity index (χ0) is 17.8. The number of hydrogen-bond donors (Lipinski definition) is 3. The second kappa shape index (κ2) is 5.97. The van der Waals surface area contributed by atoms with E-state index in [0.29, 0.717) is 17.3 Å². The molecule has 5 heteroatoms. The fourth-order valence-electron chi connectivity index (χ4n) is 7.33. The van der Waals surface area contributed by atoms with E-state index in [4.69, 9.17) is 5.73 Å². The molecule has 4 N–H and O–H groups in total. The van der Waals surface area contributed by atoms with Crippen molar-refractivity contribution < 1.29 is 9.90 Å². The monoisotopic (exact) mass is 347 g/mol. The number of fused-ring (bicyclic) bond motifs is 5. The van der Waals surface area contributed by atoms with Gasteiger partial charge in [-0.3, -0.25) is 0 Å². The van der Waals surface area contributed by atoms with E-state index in [1.165, 1.54) is 38.5 Å². The fraction of sp³-hybridized carbons (Fsp3) is 0.900. The van der Waals surface area contributed by atoms with E-state index in [1.54, 1.807) is 0 Å². The summed E-state index contributed by atoms with van der Waals surface area (Å²) >= 11 is 0. The molecule has 4 aliphatic rings. The van der Waals surface area contributed by atoms with Crippen molar-refractivity contribution in [3.63, 3.8) is 0 Å². The second-order valence-corrected chi connectivity index (χ2v) is 9.61. The molecule has 2 amide bonds. The van der Waals surface area contributed by atoms with Crippen molar-refractivity contribution in [3.05, 3.63) is 0 Å². The summed E-state index contributed by atoms with van der Waals surface area (Å²) in [6.45, 7) is 4.88. The summed E-state index contributed by atoms with van der Waals surface area (Å²) in [5.74, 6) is 2.95. The van der Waals surface area contributed by atoms with Gasteiger partial charge in [0.2, 0.25) is 0 Å². The highest BCUT2D eigenvalue weighted by Crippen LogP contribution is 2.65. The molecule has 0 unspecified atom stereocenters. The summed E-state index contributed by atoms with van der Waals surface area (Å²) in [6, 6.07) is -0.568. The van der Waals surface area contributed by atoms with Crippen LogP contribution >= 0.6 is 0 Å². The molecule has 5 nitrogen and oxygen atoms in total. The molecule has 0 saturated heterocycles. The number of nitrogens with two attached hydrogens (primary N) is 1. The number of nitrogens with zero attached hydrogens (tertiary/aromatic N) is 1. The van der Waals surface area contributed by atoms with Gasteiger partial charge in [0.25, 0.3) is 0 Å². The SMILES string of the molecule is C[C@]12CC[C@@H](O)C[C@@H]1CC[C@H]1[C@H]2CC[C@]2(C)/C(=N\NC(N)=O)CC[C@@H]12. The zero-order valence-electron chi connectivity index (χ0n) is 15.6. The van der Waals surface area contributed by atoms with Crippen LogP contribution in [0.4, 0.5) is 4.79 Å². The minimum atomic E-state index is -0.568. The summed E-state index contributed by atoms with van der Waals surface area (Å²) < 4.78 is 0. The molecule has 0 spiro atoms. The van der Waals surface area contributed by atoms with Gasteiger partial charge in [-0.1, -0.05) is 13.8 Å². The van der Waals surface area contributed by atoms with Crippen LogP contribution in [0.1, 0.15) is 71.6 Å². The van der Waals surface area contributed by atoms with Crippen molar-refractivity contribution in [2.75, 3.05) is 0 Å². The van der Waals surface area contributed by atoms with E-state index in [2.05, 4.69) is 24.4 Å². The molecule has 0 heterocycles. The number of urea groups is 1. The lowest BCUT2D eigenvalue weighted by Crippen LogP contribution is -2.54. The molecule has 7 atom stereocenters. The highest BCUT2D eigenvalue weighted by atomic mass is 16.3. The Labute approximate surface area is 150 Å². The van der Waals surface area contributed by atoms with Crippen LogP contribution < -0.4 is 11.2 Å². The molecule has 4 saturated carbocycles. The first-order valence-corrected chi connectivity index (χ1v) is 10.1. The average Bonchev–Trinajstić information content (AvgIpc) is 2.90. The van der Waals surface area contributed by atoms with Gasteiger partial charge >= 0.3 is 6.03 Å². The van der Waals surface area contributed by atoms with Gasteiger partial charge in [-0.15, -0.1) is 0 Å². The molecule has 0 radical (unpaired) electrons. The third-order valence-corrected chi connectivity index (χ3v) is 8.68. The number of hydrazone groups is 1. The van der Waals surface area contributed by atoms with E-state index in [-0.39, 0.29) is 11.5 Å². The van der Waals surface area contributed by atoms with Gasteiger partial charge in [-0.25, -0.2) is 10.2 Å². The van der Waals surface area contributed by atoms with Gasteiger partial charge in [0.15, 0.2) is 0 Å². The Balaban J connectivity index is 1.58. The molecule has 0 bridgehead atoms. The molecule has 0 aliphatic heterocycles. The molecule has 25 heavy (non-hydrogen) atoms. The van der Waals surface area contributed by atoms with Gasteiger partial charge in [-0.2, -0.15) is 5.10 Å². The minimum Gasteiger partial charge on any atom is -0.393 e. The van der Waals surface area contributed by atoms with Crippen LogP contribution in [0, 0.1) is 34.5 Å². The van der Waals surface area contributed by atoms with Gasteiger partial charge in [0, 0.05) is 11.1 Å². The third kappa shape index (κ3) is 2.61. The Morgan fingerprint density at radius 1 is 1.16 bits per heavy atom. The topological polar surface area (TPSA) is 87.7 Å². The predicted octanol–water partition coefficient (Wildman–Crippen LogP) is 3.41. The number of hydrogen-bond acceptors (Lipinski definition) is 3.